The molecule has 2 aromatic rings. The van der Waals surface area contributed by atoms with Gasteiger partial charge in [-0.25, -0.2) is 18.0 Å². The largest absolute Gasteiger partial charge is 0.490 e. The number of hydrogen-bond donors (Lipinski definition) is 3. The Morgan fingerprint density at radius 3 is 2.00 bits per heavy atom. The van der Waals surface area contributed by atoms with E-state index in [2.05, 4.69) is 16.5 Å². The smallest absolute Gasteiger partial charge is 0.478 e. The lowest BCUT2D eigenvalue weighted by Gasteiger charge is -2.33. The van der Waals surface area contributed by atoms with Gasteiger partial charge in [0, 0.05) is 13.1 Å². The molecule has 1 saturated heterocycles. The normalized spacial score (nSPS) is 14.6. The van der Waals surface area contributed by atoms with Crippen molar-refractivity contribution in [3.63, 3.8) is 0 Å². The Labute approximate surface area is 207 Å². The third kappa shape index (κ3) is 7.36. The van der Waals surface area contributed by atoms with Crippen molar-refractivity contribution in [3.05, 3.63) is 52.6 Å². The molecule has 0 bridgehead atoms. The Balaban J connectivity index is 0.000000572. The molecule has 0 amide bonds. The molecule has 0 radical (unpaired) electrons. The zero-order valence-corrected chi connectivity index (χ0v) is 21.1. The van der Waals surface area contributed by atoms with Gasteiger partial charge in [0.05, 0.1) is 21.8 Å². The lowest BCUT2D eigenvalue weighted by Crippen LogP contribution is -2.33. The topological polar surface area (TPSA) is 124 Å². The van der Waals surface area contributed by atoms with Gasteiger partial charge in [0.25, 0.3) is 10.0 Å². The zero-order valence-electron chi connectivity index (χ0n) is 20.3. The lowest BCUT2D eigenvalue weighted by atomic mass is 9.98. The number of rotatable bonds is 5. The first-order valence-electron chi connectivity index (χ1n) is 11.1. The van der Waals surface area contributed by atoms with Crippen molar-refractivity contribution >= 4 is 33.3 Å². The fourth-order valence-corrected chi connectivity index (χ4v) is 5.08. The average molecular weight is 531 g/mol. The maximum Gasteiger partial charge on any atom is 0.490 e. The van der Waals surface area contributed by atoms with Gasteiger partial charge < -0.3 is 15.1 Å². The lowest BCUT2D eigenvalue weighted by molar-refractivity contribution is -0.192. The summed E-state index contributed by atoms with van der Waals surface area (Å²) in [6.07, 6.45) is -3.05. The molecule has 3 rings (SSSR count). The molecule has 3 N–H and O–H groups in total. The second-order valence-electron chi connectivity index (χ2n) is 8.82. The molecule has 0 unspecified atom stereocenters. The molecule has 1 heterocycles. The monoisotopic (exact) mass is 530 g/mol. The molecule has 0 aliphatic carbocycles. The predicted molar refractivity (Wildman–Crippen MR) is 129 cm³/mol. The molecule has 0 aromatic heterocycles. The van der Waals surface area contributed by atoms with Gasteiger partial charge in [-0.05, 0) is 80.5 Å². The molecule has 12 heteroatoms. The number of carboxylic acid groups (broad SMARTS) is 2. The molecule has 0 saturated carbocycles. The Kier molecular flexibility index (Phi) is 9.00. The number of carboxylic acids is 2. The van der Waals surface area contributed by atoms with Gasteiger partial charge in [0.2, 0.25) is 0 Å². The van der Waals surface area contributed by atoms with Crippen LogP contribution in [0.2, 0.25) is 0 Å². The zero-order chi connectivity index (χ0) is 27.4. The maximum atomic E-state index is 13.2. The maximum absolute atomic E-state index is 13.2. The Morgan fingerprint density at radius 2 is 1.50 bits per heavy atom. The number of hydrogen-bond acceptors (Lipinski definition) is 5. The minimum atomic E-state index is -5.08. The molecule has 36 heavy (non-hydrogen) atoms. The van der Waals surface area contributed by atoms with E-state index in [1.54, 1.807) is 19.1 Å². The number of aryl methyl sites for hydroxylation is 3. The van der Waals surface area contributed by atoms with Crippen LogP contribution in [0.5, 0.6) is 0 Å². The highest BCUT2D eigenvalue weighted by molar-refractivity contribution is 7.92. The van der Waals surface area contributed by atoms with Gasteiger partial charge in [-0.1, -0.05) is 13.0 Å². The second-order valence-corrected chi connectivity index (χ2v) is 10.5. The van der Waals surface area contributed by atoms with Gasteiger partial charge in [0.15, 0.2) is 0 Å². The number of anilines is 2. The summed E-state index contributed by atoms with van der Waals surface area (Å²) in [5, 5.41) is 16.5. The van der Waals surface area contributed by atoms with Crippen molar-refractivity contribution in [3.8, 4) is 0 Å². The van der Waals surface area contributed by atoms with Crippen molar-refractivity contribution < 1.29 is 41.4 Å². The number of piperidine rings is 1. The highest BCUT2D eigenvalue weighted by atomic mass is 32.2. The Hall–Kier alpha value is -3.28. The summed E-state index contributed by atoms with van der Waals surface area (Å²) in [7, 11) is -3.87. The first kappa shape index (κ1) is 29.0. The highest BCUT2D eigenvalue weighted by Crippen LogP contribution is 2.33. The van der Waals surface area contributed by atoms with Crippen LogP contribution in [-0.2, 0) is 14.8 Å². The fourth-order valence-electron chi connectivity index (χ4n) is 3.70. The molecule has 0 spiro atoms. The first-order chi connectivity index (χ1) is 16.5. The van der Waals surface area contributed by atoms with Gasteiger partial charge in [-0.3, -0.25) is 4.72 Å². The van der Waals surface area contributed by atoms with Gasteiger partial charge >= 0.3 is 18.1 Å². The van der Waals surface area contributed by atoms with Crippen molar-refractivity contribution in [2.24, 2.45) is 5.92 Å². The van der Waals surface area contributed by atoms with Gasteiger partial charge in [-0.15, -0.1) is 0 Å². The molecular formula is C24H29F3N2O6S. The molecular weight excluding hydrogens is 501 g/mol. The van der Waals surface area contributed by atoms with Crippen LogP contribution < -0.4 is 9.62 Å². The van der Waals surface area contributed by atoms with Crippen LogP contribution in [0, 0.1) is 26.7 Å². The quantitative estimate of drug-likeness (QED) is 0.498. The minimum Gasteiger partial charge on any atom is -0.478 e. The number of alkyl halides is 3. The van der Waals surface area contributed by atoms with Crippen LogP contribution in [0.15, 0.2) is 35.2 Å². The number of aromatic carboxylic acids is 1. The van der Waals surface area contributed by atoms with Crippen LogP contribution in [0.1, 0.15) is 46.8 Å². The summed E-state index contributed by atoms with van der Waals surface area (Å²) in [5.41, 5.74) is 3.64. The number of halogens is 3. The van der Waals surface area contributed by atoms with E-state index < -0.39 is 28.1 Å². The predicted octanol–water partition coefficient (Wildman–Crippen LogP) is 4.98. The van der Waals surface area contributed by atoms with E-state index in [1.807, 2.05) is 19.9 Å². The van der Waals surface area contributed by atoms with E-state index in [0.717, 1.165) is 37.1 Å². The summed E-state index contributed by atoms with van der Waals surface area (Å²) >= 11 is 0. The number of carbonyl (C=O) groups is 2. The fraction of sp³-hybridized carbons (Fsp3) is 0.417. The van der Waals surface area contributed by atoms with Crippen LogP contribution in [0.25, 0.3) is 0 Å². The molecule has 0 atom stereocenters. The molecule has 2 aromatic carbocycles. The summed E-state index contributed by atoms with van der Waals surface area (Å²) in [6.45, 7) is 9.41. The Morgan fingerprint density at radius 1 is 0.972 bits per heavy atom. The molecule has 1 fully saturated rings. The van der Waals surface area contributed by atoms with Crippen LogP contribution in [0.3, 0.4) is 0 Å². The van der Waals surface area contributed by atoms with Crippen molar-refractivity contribution in [2.75, 3.05) is 22.7 Å². The average Bonchev–Trinajstić information content (AvgIpc) is 2.76. The number of aliphatic carboxylic acids is 1. The third-order valence-corrected chi connectivity index (χ3v) is 7.44. The van der Waals surface area contributed by atoms with Crippen molar-refractivity contribution in [1.29, 1.82) is 0 Å². The first-order valence-corrected chi connectivity index (χ1v) is 12.5. The third-order valence-electron chi connectivity index (χ3n) is 5.94. The number of sulfonamides is 1. The summed E-state index contributed by atoms with van der Waals surface area (Å²) in [6, 6.07) is 8.14. The number of nitrogens with one attached hydrogen (secondary N) is 1. The van der Waals surface area contributed by atoms with Crippen LogP contribution in [0.4, 0.5) is 24.5 Å². The molecule has 8 nitrogen and oxygen atoms in total. The summed E-state index contributed by atoms with van der Waals surface area (Å²) in [5.74, 6) is -3.22. The molecule has 1 aliphatic heterocycles. The van der Waals surface area contributed by atoms with E-state index in [0.29, 0.717) is 22.9 Å². The number of nitrogens with zero attached hydrogens (tertiary/aromatic N) is 1. The van der Waals surface area contributed by atoms with Gasteiger partial charge in [0.1, 0.15) is 0 Å². The standard InChI is InChI=1S/C22H28N2O4S.C2HF3O2/c1-14-7-9-24(10-8-14)20-6-5-18(22(25)26)13-19(20)23-29(27,28)21-12-16(3)15(2)11-17(21)4;3-2(4,5)1(6)7/h5-6,11-14,23H,7-10H2,1-4H3,(H,25,26);(H,6,7). The SMILES string of the molecule is Cc1cc(C)c(S(=O)(=O)Nc2cc(C(=O)O)ccc2N2CCC(C)CC2)cc1C.O=C(O)C(F)(F)F. The van der Waals surface area contributed by atoms with Gasteiger partial charge in [-0.2, -0.15) is 13.2 Å². The van der Waals surface area contributed by atoms with E-state index in [-0.39, 0.29) is 10.5 Å². The van der Waals surface area contributed by atoms with E-state index in [4.69, 9.17) is 9.90 Å². The minimum absolute atomic E-state index is 0.0497. The molecule has 1 aliphatic rings. The second kappa shape index (κ2) is 11.2. The summed E-state index contributed by atoms with van der Waals surface area (Å²) in [4.78, 5) is 22.7. The van der Waals surface area contributed by atoms with Crippen LogP contribution >= 0.6 is 0 Å². The highest BCUT2D eigenvalue weighted by Gasteiger charge is 2.38. The van der Waals surface area contributed by atoms with E-state index in [1.165, 1.54) is 12.1 Å². The van der Waals surface area contributed by atoms with Crippen LogP contribution in [-0.4, -0.2) is 49.8 Å². The number of benzene rings is 2. The van der Waals surface area contributed by atoms with E-state index >= 15 is 0 Å². The summed E-state index contributed by atoms with van der Waals surface area (Å²) < 4.78 is 60.8. The van der Waals surface area contributed by atoms with E-state index in [9.17, 15) is 31.5 Å². The molecule has 198 valence electrons. The van der Waals surface area contributed by atoms with Crippen molar-refractivity contribution in [2.45, 2.75) is 51.6 Å². The van der Waals surface area contributed by atoms with Crippen molar-refractivity contribution in [1.82, 2.24) is 0 Å². The Bertz CT molecular complexity index is 1240.